The number of aliphatic hydroxyl groups is 1. The molecule has 4 fully saturated rings. The van der Waals surface area contributed by atoms with Crippen LogP contribution in [0.1, 0.15) is 76.7 Å². The van der Waals surface area contributed by atoms with Gasteiger partial charge in [0.15, 0.2) is 5.75 Å². The Bertz CT molecular complexity index is 3610. The number of rotatable bonds is 18. The molecule has 5 aromatic rings. The first kappa shape index (κ1) is 64.7. The molecule has 3 unspecified atom stereocenters. The normalized spacial score (nSPS) is 22.8. The van der Waals surface area contributed by atoms with E-state index in [-0.39, 0.29) is 85.0 Å². The van der Waals surface area contributed by atoms with Crippen LogP contribution >= 0.6 is 46.4 Å². The smallest absolute Gasteiger partial charge is 0.417 e. The molecule has 476 valence electrons. The van der Waals surface area contributed by atoms with E-state index < -0.39 is 18.0 Å². The highest BCUT2D eigenvalue weighted by atomic mass is 35.5. The van der Waals surface area contributed by atoms with E-state index >= 15 is 0 Å². The van der Waals surface area contributed by atoms with Gasteiger partial charge in [-0.1, -0.05) is 77.8 Å². The van der Waals surface area contributed by atoms with Crippen LogP contribution in [0.4, 0.5) is 36.2 Å². The average Bonchev–Trinajstić information content (AvgIpc) is 0.830. The summed E-state index contributed by atoms with van der Waals surface area (Å²) in [5, 5.41) is 31.7. The molecule has 11 rings (SSSR count). The fourth-order valence-electron chi connectivity index (χ4n) is 13.9. The predicted octanol–water partition coefficient (Wildman–Crippen LogP) is 9.79. The summed E-state index contributed by atoms with van der Waals surface area (Å²) in [4.78, 5) is 49.7. The maximum Gasteiger partial charge on any atom is 0.417 e. The van der Waals surface area contributed by atoms with Crippen LogP contribution in [0.25, 0.3) is 0 Å². The fourth-order valence-corrected chi connectivity index (χ4v) is 15.0. The first-order chi connectivity index (χ1) is 43.3. The Hall–Kier alpha value is -6.86. The number of carbonyl (C=O) groups excluding carboxylic acids is 1. The second-order valence-electron chi connectivity index (χ2n) is 23.9. The number of fused-ring (bicyclic) bond motifs is 2. The zero-order valence-corrected chi connectivity index (χ0v) is 53.4. The van der Waals surface area contributed by atoms with Crippen LogP contribution in [0.5, 0.6) is 17.8 Å². The minimum atomic E-state index is -4.59. The highest BCUT2D eigenvalue weighted by molar-refractivity contribution is 6.43. The Kier molecular flexibility index (Phi) is 19.8. The number of nitrogens with zero attached hydrogens (tertiary/aromatic N) is 14. The third kappa shape index (κ3) is 13.4. The lowest BCUT2D eigenvalue weighted by Crippen LogP contribution is -2.56. The van der Waals surface area contributed by atoms with Gasteiger partial charge < -0.3 is 43.8 Å². The Morgan fingerprint density at radius 2 is 1.29 bits per heavy atom. The molecule has 0 bridgehead atoms. The van der Waals surface area contributed by atoms with Gasteiger partial charge in [-0.05, 0) is 105 Å². The predicted molar refractivity (Wildman–Crippen MR) is 340 cm³/mol. The lowest BCUT2D eigenvalue weighted by molar-refractivity contribution is -0.137. The monoisotopic (exact) mass is 1310 g/mol. The lowest BCUT2D eigenvalue weighted by atomic mass is 9.94. The summed E-state index contributed by atoms with van der Waals surface area (Å²) in [6, 6.07) is 17.7. The molecule has 3 aromatic carbocycles. The summed E-state index contributed by atoms with van der Waals surface area (Å²) in [6.07, 6.45) is -0.105. The molecule has 90 heavy (non-hydrogen) atoms. The topological polar surface area (TPSA) is 190 Å². The number of hydrogen-bond acceptors (Lipinski definition) is 18. The van der Waals surface area contributed by atoms with Gasteiger partial charge in [0.25, 0.3) is 0 Å². The van der Waals surface area contributed by atoms with Crippen LogP contribution in [0, 0.1) is 22.7 Å². The molecule has 0 spiro atoms. The number of piperazine rings is 2. The summed E-state index contributed by atoms with van der Waals surface area (Å²) >= 11 is 26.9. The minimum Gasteiger partial charge on any atom is -0.493 e. The van der Waals surface area contributed by atoms with Crippen molar-refractivity contribution in [1.29, 1.82) is 10.5 Å². The number of amides is 1. The molecular formula is C64H71Cl4F3N14O5. The number of alkyl halides is 3. The zero-order valence-electron chi connectivity index (χ0n) is 50.4. The minimum absolute atomic E-state index is 0.0389. The van der Waals surface area contributed by atoms with Crippen LogP contribution in [-0.2, 0) is 36.9 Å². The van der Waals surface area contributed by atoms with Crippen molar-refractivity contribution in [3.63, 3.8) is 0 Å². The quantitative estimate of drug-likeness (QED) is 0.0644. The van der Waals surface area contributed by atoms with Crippen LogP contribution in [0.2, 0.25) is 20.1 Å². The largest absolute Gasteiger partial charge is 0.493 e. The molecule has 1 N–H and O–H groups in total. The van der Waals surface area contributed by atoms with Crippen LogP contribution in [0.15, 0.2) is 73.8 Å². The van der Waals surface area contributed by atoms with Gasteiger partial charge in [0.1, 0.15) is 31.1 Å². The van der Waals surface area contributed by atoms with Crippen molar-refractivity contribution in [1.82, 2.24) is 39.5 Å². The number of likely N-dealkylation sites (tertiary alicyclic amines) is 2. The summed E-state index contributed by atoms with van der Waals surface area (Å²) in [6.45, 7) is 13.6. The summed E-state index contributed by atoms with van der Waals surface area (Å²) in [5.74, 6) is 1.45. The number of aliphatic hydroxyl groups excluding tert-OH is 1. The summed E-state index contributed by atoms with van der Waals surface area (Å²) in [7, 11) is 5.58. The number of halogens is 7. The van der Waals surface area contributed by atoms with Crippen LogP contribution in [-0.4, -0.2) is 181 Å². The van der Waals surface area contributed by atoms with E-state index in [0.717, 1.165) is 51.9 Å². The number of carbonyl (C=O) groups is 1. The molecule has 0 radical (unpaired) electrons. The van der Waals surface area contributed by atoms with E-state index in [1.54, 1.807) is 24.1 Å². The van der Waals surface area contributed by atoms with Crippen molar-refractivity contribution in [2.45, 2.75) is 100 Å². The average molecular weight is 1320 g/mol. The highest BCUT2D eigenvalue weighted by Gasteiger charge is 2.41. The molecule has 7 atom stereocenters. The second kappa shape index (κ2) is 27.5. The fraction of sp³-hybridized carbons (Fsp3) is 0.484. The molecule has 8 heterocycles. The molecule has 6 aliphatic heterocycles. The second-order valence-corrected chi connectivity index (χ2v) is 25.5. The Balaban J connectivity index is 0.838. The Morgan fingerprint density at radius 3 is 1.89 bits per heavy atom. The van der Waals surface area contributed by atoms with Crippen molar-refractivity contribution in [2.75, 3.05) is 119 Å². The van der Waals surface area contributed by atoms with Crippen molar-refractivity contribution < 1.29 is 37.3 Å². The first-order valence-electron chi connectivity index (χ1n) is 30.1. The third-order valence-corrected chi connectivity index (χ3v) is 20.1. The first-order valence-corrected chi connectivity index (χ1v) is 31.7. The number of benzene rings is 3. The van der Waals surface area contributed by atoms with Gasteiger partial charge in [-0.2, -0.15) is 43.6 Å². The number of aromatic nitrogens is 4. The number of hydrogen-bond donors (Lipinski definition) is 1. The van der Waals surface area contributed by atoms with E-state index in [2.05, 4.69) is 67.8 Å². The summed E-state index contributed by atoms with van der Waals surface area (Å²) in [5.41, 5.74) is 5.59. The number of anilines is 4. The molecular weight excluding hydrogens is 1240 g/mol. The maximum absolute atomic E-state index is 13.9. The van der Waals surface area contributed by atoms with Crippen LogP contribution in [0.3, 0.4) is 0 Å². The van der Waals surface area contributed by atoms with Crippen LogP contribution < -0.4 is 33.8 Å². The molecule has 0 aliphatic carbocycles. The molecule has 1 amide bonds. The van der Waals surface area contributed by atoms with E-state index in [1.165, 1.54) is 18.2 Å². The number of ether oxygens (including phenoxy) is 3. The zero-order chi connectivity index (χ0) is 63.7. The van der Waals surface area contributed by atoms with Gasteiger partial charge in [-0.25, -0.2) is 0 Å². The van der Waals surface area contributed by atoms with Crippen molar-refractivity contribution >= 4 is 75.3 Å². The van der Waals surface area contributed by atoms with Crippen molar-refractivity contribution in [3.8, 4) is 29.9 Å². The highest BCUT2D eigenvalue weighted by Crippen LogP contribution is 2.46. The molecule has 26 heteroatoms. The number of likely N-dealkylation sites (N-methyl/N-ethyl adjacent to an activating group) is 2. The molecule has 0 saturated carbocycles. The van der Waals surface area contributed by atoms with Gasteiger partial charge >= 0.3 is 18.2 Å². The molecule has 19 nitrogen and oxygen atoms in total. The van der Waals surface area contributed by atoms with Crippen molar-refractivity contribution in [3.05, 3.63) is 133 Å². The van der Waals surface area contributed by atoms with Gasteiger partial charge in [0.2, 0.25) is 5.91 Å². The Morgan fingerprint density at radius 1 is 0.711 bits per heavy atom. The summed E-state index contributed by atoms with van der Waals surface area (Å²) < 4.78 is 61.0. The van der Waals surface area contributed by atoms with Crippen molar-refractivity contribution in [2.24, 2.45) is 0 Å². The van der Waals surface area contributed by atoms with E-state index in [0.29, 0.717) is 136 Å². The van der Waals surface area contributed by atoms with Gasteiger partial charge in [-0.15, -0.1) is 0 Å². The SMILES string of the molecule is C=CC(=O)N1CCN(c2nc(OC[C@@H]3CC(c4cc(Cl)c(OC)c(N5CCc6c(nc(OC[C@@H]7CC(c8cccc(C(F)(F)F)c8Cl)CN7C)nc6N6CCN(C(O)C=C)[C@@H](CC#N)C6)C5)c4)CN3C)nc3c2CCN(c2cccc(Cl)c2Cl)C3)C[C@@H]1CC#N. The number of methoxy groups -OCH3 is 1. The number of nitriles is 2. The third-order valence-electron chi connectivity index (χ3n) is 18.6. The van der Waals surface area contributed by atoms with Gasteiger partial charge in [0.05, 0.1) is 99.6 Å². The molecule has 4 saturated heterocycles. The standard InChI is InChI=1S/C64H71Cl4F3N14O5/c1-6-55(86)84-24-22-82(32-41(84)14-18-72)60-46-16-20-80(53-13-9-12-49(65)58(53)68)34-51(46)74-62(76-60)89-36-43-26-39(30-78(43)3)38-28-50(66)59(88-5)54(29-38)81-21-17-47-52(35-81)75-63(77-61(47)83-23-25-85(56(87)7-2)42(33-83)15-19-73)90-37-44-27-40(31-79(44)4)45-10-8-11-48(57(45)67)64(69,70)71/h6-13,28-29,39-44,56,87H,1-2,14-17,20-27,30-37H2,3-5H3/t39?,40?,41-,42-,43-,44-,56?/m0/s1. The lowest BCUT2D eigenvalue weighted by Gasteiger charge is -2.43. The van der Waals surface area contributed by atoms with E-state index in [1.807, 2.05) is 30.1 Å². The Labute approximate surface area is 542 Å². The van der Waals surface area contributed by atoms with E-state index in [4.69, 9.17) is 80.6 Å². The molecule has 6 aliphatic rings. The molecule has 2 aromatic heterocycles. The van der Waals surface area contributed by atoms with E-state index in [9.17, 15) is 33.6 Å². The maximum atomic E-state index is 13.9. The van der Waals surface area contributed by atoms with Gasteiger partial charge in [0, 0.05) is 94.7 Å². The van der Waals surface area contributed by atoms with Gasteiger partial charge in [-0.3, -0.25) is 19.5 Å².